The van der Waals surface area contributed by atoms with E-state index in [0.717, 1.165) is 24.6 Å². The van der Waals surface area contributed by atoms with E-state index in [1.54, 1.807) is 0 Å². The highest BCUT2D eigenvalue weighted by Crippen LogP contribution is 2.36. The molecular formula is C11H13BrCl2N2. The fourth-order valence-electron chi connectivity index (χ4n) is 2.11. The molecule has 5 heteroatoms. The minimum atomic E-state index is 0.411. The number of hydrogen-bond acceptors (Lipinski definition) is 2. The standard InChI is InChI=1S/C11H13BrCl2N2/c1-6-2-4-7(5-3-6)11-15-9(13)8(12)10(14)16-11/h6-7H,2-5H2,1H3. The summed E-state index contributed by atoms with van der Waals surface area (Å²) in [5.74, 6) is 2.03. The maximum Gasteiger partial charge on any atom is 0.148 e. The summed E-state index contributed by atoms with van der Waals surface area (Å²) in [7, 11) is 0. The van der Waals surface area contributed by atoms with Crippen molar-refractivity contribution in [3.05, 3.63) is 20.6 Å². The Balaban J connectivity index is 2.21. The van der Waals surface area contributed by atoms with Crippen LogP contribution in [0, 0.1) is 5.92 Å². The Labute approximate surface area is 114 Å². The molecule has 0 saturated heterocycles. The summed E-state index contributed by atoms with van der Waals surface area (Å²) in [6.45, 7) is 2.29. The fourth-order valence-corrected chi connectivity index (χ4v) is 2.69. The predicted molar refractivity (Wildman–Crippen MR) is 70.1 cm³/mol. The molecule has 0 N–H and O–H groups in total. The van der Waals surface area contributed by atoms with Gasteiger partial charge in [-0.3, -0.25) is 0 Å². The van der Waals surface area contributed by atoms with Gasteiger partial charge < -0.3 is 0 Å². The minimum absolute atomic E-state index is 0.411. The molecule has 16 heavy (non-hydrogen) atoms. The summed E-state index contributed by atoms with van der Waals surface area (Å²) in [6.07, 6.45) is 4.74. The van der Waals surface area contributed by atoms with Crippen LogP contribution in [-0.2, 0) is 0 Å². The lowest BCUT2D eigenvalue weighted by Crippen LogP contribution is -2.13. The molecule has 0 unspecified atom stereocenters. The van der Waals surface area contributed by atoms with E-state index in [9.17, 15) is 0 Å². The fraction of sp³-hybridized carbons (Fsp3) is 0.636. The largest absolute Gasteiger partial charge is 0.220 e. The molecule has 1 aliphatic carbocycles. The molecule has 0 aliphatic heterocycles. The summed E-state index contributed by atoms with van der Waals surface area (Å²) in [4.78, 5) is 8.61. The van der Waals surface area contributed by atoms with Crippen LogP contribution < -0.4 is 0 Å². The van der Waals surface area contributed by atoms with Crippen LogP contribution in [-0.4, -0.2) is 9.97 Å². The van der Waals surface area contributed by atoms with Crippen molar-refractivity contribution >= 4 is 39.1 Å². The molecule has 2 rings (SSSR count). The molecule has 1 aliphatic rings. The molecule has 0 amide bonds. The normalized spacial score (nSPS) is 25.8. The van der Waals surface area contributed by atoms with Gasteiger partial charge in [0.2, 0.25) is 0 Å². The van der Waals surface area contributed by atoms with E-state index >= 15 is 0 Å². The van der Waals surface area contributed by atoms with Gasteiger partial charge in [0, 0.05) is 5.92 Å². The van der Waals surface area contributed by atoms with Gasteiger partial charge in [-0.25, -0.2) is 9.97 Å². The van der Waals surface area contributed by atoms with Gasteiger partial charge in [0.25, 0.3) is 0 Å². The Morgan fingerprint density at radius 1 is 1.06 bits per heavy atom. The number of nitrogens with zero attached hydrogens (tertiary/aromatic N) is 2. The first-order valence-electron chi connectivity index (χ1n) is 5.46. The third kappa shape index (κ3) is 2.69. The molecule has 88 valence electrons. The molecule has 1 aromatic heterocycles. The van der Waals surface area contributed by atoms with Crippen LogP contribution >= 0.6 is 39.1 Å². The third-order valence-electron chi connectivity index (χ3n) is 3.17. The zero-order chi connectivity index (χ0) is 11.7. The highest BCUT2D eigenvalue weighted by Gasteiger charge is 2.23. The topological polar surface area (TPSA) is 25.8 Å². The zero-order valence-electron chi connectivity index (χ0n) is 9.01. The van der Waals surface area contributed by atoms with E-state index in [2.05, 4.69) is 32.8 Å². The van der Waals surface area contributed by atoms with E-state index in [1.807, 2.05) is 0 Å². The summed E-state index contributed by atoms with van der Waals surface area (Å²) >= 11 is 15.2. The van der Waals surface area contributed by atoms with Crippen molar-refractivity contribution in [2.24, 2.45) is 5.92 Å². The zero-order valence-corrected chi connectivity index (χ0v) is 12.1. The molecular weight excluding hydrogens is 311 g/mol. The number of rotatable bonds is 1. The smallest absolute Gasteiger partial charge is 0.148 e. The molecule has 0 atom stereocenters. The Bertz CT molecular complexity index is 367. The number of halogens is 3. The second-order valence-corrected chi connectivity index (χ2v) is 5.94. The van der Waals surface area contributed by atoms with Gasteiger partial charge in [-0.15, -0.1) is 0 Å². The summed E-state index contributed by atoms with van der Waals surface area (Å²) in [6, 6.07) is 0. The van der Waals surface area contributed by atoms with Crippen LogP contribution in [0.4, 0.5) is 0 Å². The quantitative estimate of drug-likeness (QED) is 0.691. The first kappa shape index (κ1) is 12.6. The summed E-state index contributed by atoms with van der Waals surface area (Å²) in [5.41, 5.74) is 0. The molecule has 1 heterocycles. The van der Waals surface area contributed by atoms with Crippen LogP contribution in [0.25, 0.3) is 0 Å². The highest BCUT2D eigenvalue weighted by molar-refractivity contribution is 9.10. The Morgan fingerprint density at radius 3 is 2.06 bits per heavy atom. The van der Waals surface area contributed by atoms with E-state index in [-0.39, 0.29) is 0 Å². The maximum atomic E-state index is 5.98. The van der Waals surface area contributed by atoms with Crippen molar-refractivity contribution in [2.75, 3.05) is 0 Å². The van der Waals surface area contributed by atoms with Crippen molar-refractivity contribution in [3.8, 4) is 0 Å². The molecule has 1 fully saturated rings. The summed E-state index contributed by atoms with van der Waals surface area (Å²) in [5, 5.41) is 0.822. The van der Waals surface area contributed by atoms with Crippen LogP contribution in [0.2, 0.25) is 10.3 Å². The Hall–Kier alpha value is 0.140. The van der Waals surface area contributed by atoms with Gasteiger partial charge in [0.1, 0.15) is 16.1 Å². The Kier molecular flexibility index (Phi) is 4.09. The molecule has 1 saturated carbocycles. The second kappa shape index (κ2) is 5.19. The average Bonchev–Trinajstić information content (AvgIpc) is 2.26. The highest BCUT2D eigenvalue weighted by atomic mass is 79.9. The van der Waals surface area contributed by atoms with Crippen molar-refractivity contribution in [3.63, 3.8) is 0 Å². The van der Waals surface area contributed by atoms with Crippen LogP contribution in [0.1, 0.15) is 44.3 Å². The second-order valence-electron chi connectivity index (χ2n) is 4.43. The van der Waals surface area contributed by atoms with E-state index in [4.69, 9.17) is 23.2 Å². The third-order valence-corrected chi connectivity index (χ3v) is 4.92. The van der Waals surface area contributed by atoms with Gasteiger partial charge in [-0.05, 0) is 34.7 Å². The lowest BCUT2D eigenvalue weighted by atomic mass is 9.82. The van der Waals surface area contributed by atoms with E-state index in [1.165, 1.54) is 12.8 Å². The minimum Gasteiger partial charge on any atom is -0.220 e. The first-order valence-corrected chi connectivity index (χ1v) is 7.01. The molecule has 0 radical (unpaired) electrons. The molecule has 2 nitrogen and oxygen atoms in total. The monoisotopic (exact) mass is 322 g/mol. The van der Waals surface area contributed by atoms with Gasteiger partial charge in [-0.1, -0.05) is 43.0 Å². The van der Waals surface area contributed by atoms with Crippen molar-refractivity contribution in [2.45, 2.75) is 38.5 Å². The number of aromatic nitrogens is 2. The molecule has 0 spiro atoms. The van der Waals surface area contributed by atoms with Crippen LogP contribution in [0.15, 0.2) is 4.47 Å². The van der Waals surface area contributed by atoms with Gasteiger partial charge in [0.05, 0.1) is 4.47 Å². The van der Waals surface area contributed by atoms with E-state index < -0.39 is 0 Å². The summed E-state index contributed by atoms with van der Waals surface area (Å²) < 4.78 is 0.587. The maximum absolute atomic E-state index is 5.98. The lowest BCUT2D eigenvalue weighted by molar-refractivity contribution is 0.339. The molecule has 0 aromatic carbocycles. The van der Waals surface area contributed by atoms with Crippen molar-refractivity contribution < 1.29 is 0 Å². The first-order chi connectivity index (χ1) is 7.58. The van der Waals surface area contributed by atoms with Gasteiger partial charge in [-0.2, -0.15) is 0 Å². The van der Waals surface area contributed by atoms with Crippen molar-refractivity contribution in [1.29, 1.82) is 0 Å². The predicted octanol–water partition coefficient (Wildman–Crippen LogP) is 4.84. The van der Waals surface area contributed by atoms with Gasteiger partial charge >= 0.3 is 0 Å². The van der Waals surface area contributed by atoms with Crippen LogP contribution in [0.5, 0.6) is 0 Å². The van der Waals surface area contributed by atoms with Gasteiger partial charge in [0.15, 0.2) is 0 Å². The van der Waals surface area contributed by atoms with Crippen LogP contribution in [0.3, 0.4) is 0 Å². The Morgan fingerprint density at radius 2 is 1.56 bits per heavy atom. The average molecular weight is 324 g/mol. The SMILES string of the molecule is CC1CCC(c2nc(Cl)c(Br)c(Cl)n2)CC1. The van der Waals surface area contributed by atoms with Crippen molar-refractivity contribution in [1.82, 2.24) is 9.97 Å². The number of hydrogen-bond donors (Lipinski definition) is 0. The molecule has 0 bridgehead atoms. The lowest BCUT2D eigenvalue weighted by Gasteiger charge is -2.25. The molecule has 1 aromatic rings. The van der Waals surface area contributed by atoms with E-state index in [0.29, 0.717) is 20.7 Å².